The number of aliphatic carboxylic acids is 1. The lowest BCUT2D eigenvalue weighted by atomic mass is 9.99. The van der Waals surface area contributed by atoms with Gasteiger partial charge in [-0.15, -0.1) is 0 Å². The Hall–Kier alpha value is -1.75. The molecular weight excluding hydrogens is 256 g/mol. The van der Waals surface area contributed by atoms with Gasteiger partial charge in [-0.1, -0.05) is 0 Å². The van der Waals surface area contributed by atoms with Crippen molar-refractivity contribution in [3.05, 3.63) is 23.8 Å². The van der Waals surface area contributed by atoms with Gasteiger partial charge in [-0.3, -0.25) is 4.79 Å². The molecular formula is C15H22N2O3. The van der Waals surface area contributed by atoms with Crippen LogP contribution >= 0.6 is 0 Å². The van der Waals surface area contributed by atoms with Crippen molar-refractivity contribution in [3.8, 4) is 5.75 Å². The number of hydrogen-bond donors (Lipinski definition) is 2. The van der Waals surface area contributed by atoms with Crippen molar-refractivity contribution in [2.75, 3.05) is 25.1 Å². The van der Waals surface area contributed by atoms with E-state index in [1.165, 1.54) is 19.3 Å². The Morgan fingerprint density at radius 3 is 2.70 bits per heavy atom. The molecule has 1 heterocycles. The van der Waals surface area contributed by atoms with E-state index in [4.69, 9.17) is 15.6 Å². The van der Waals surface area contributed by atoms with Crippen molar-refractivity contribution >= 4 is 11.7 Å². The van der Waals surface area contributed by atoms with E-state index in [1.807, 2.05) is 18.2 Å². The molecule has 1 aliphatic rings. The highest BCUT2D eigenvalue weighted by Crippen LogP contribution is 2.32. The van der Waals surface area contributed by atoms with E-state index in [2.05, 4.69) is 4.90 Å². The topological polar surface area (TPSA) is 75.8 Å². The Morgan fingerprint density at radius 2 is 2.10 bits per heavy atom. The minimum atomic E-state index is -0.884. The molecule has 1 unspecified atom stereocenters. The van der Waals surface area contributed by atoms with E-state index in [1.54, 1.807) is 7.11 Å². The normalized spacial score (nSPS) is 16.8. The number of nitrogens with two attached hydrogens (primary N) is 1. The lowest BCUT2D eigenvalue weighted by Crippen LogP contribution is -2.31. The maximum absolute atomic E-state index is 10.9. The Bertz CT molecular complexity index is 470. The zero-order valence-electron chi connectivity index (χ0n) is 11.8. The third-order valence-electron chi connectivity index (χ3n) is 3.73. The molecule has 2 rings (SSSR count). The fourth-order valence-corrected chi connectivity index (χ4v) is 2.68. The van der Waals surface area contributed by atoms with Crippen LogP contribution in [-0.2, 0) is 4.79 Å². The van der Waals surface area contributed by atoms with Crippen molar-refractivity contribution in [3.63, 3.8) is 0 Å². The van der Waals surface area contributed by atoms with Crippen LogP contribution in [0.1, 0.15) is 37.3 Å². The first-order chi connectivity index (χ1) is 9.61. The van der Waals surface area contributed by atoms with Gasteiger partial charge < -0.3 is 20.5 Å². The molecule has 1 saturated heterocycles. The molecule has 110 valence electrons. The van der Waals surface area contributed by atoms with E-state index in [9.17, 15) is 4.79 Å². The molecule has 0 saturated carbocycles. The smallest absolute Gasteiger partial charge is 0.305 e. The van der Waals surface area contributed by atoms with E-state index in [-0.39, 0.29) is 6.42 Å². The molecule has 0 aromatic heterocycles. The van der Waals surface area contributed by atoms with Gasteiger partial charge in [0.15, 0.2) is 0 Å². The first-order valence-electron chi connectivity index (χ1n) is 7.02. The Kier molecular flexibility index (Phi) is 4.84. The maximum Gasteiger partial charge on any atom is 0.305 e. The fraction of sp³-hybridized carbons (Fsp3) is 0.533. The van der Waals surface area contributed by atoms with Crippen LogP contribution in [-0.4, -0.2) is 31.3 Å². The highest BCUT2D eigenvalue weighted by molar-refractivity contribution is 5.69. The van der Waals surface area contributed by atoms with Gasteiger partial charge in [-0.25, -0.2) is 0 Å². The summed E-state index contributed by atoms with van der Waals surface area (Å²) in [5.41, 5.74) is 7.96. The summed E-state index contributed by atoms with van der Waals surface area (Å²) in [7, 11) is 1.60. The predicted octanol–water partition coefficient (Wildman–Crippen LogP) is 2.16. The third-order valence-corrected chi connectivity index (χ3v) is 3.73. The van der Waals surface area contributed by atoms with Gasteiger partial charge in [-0.05, 0) is 43.0 Å². The van der Waals surface area contributed by atoms with Gasteiger partial charge in [0, 0.05) is 24.8 Å². The minimum Gasteiger partial charge on any atom is -0.497 e. The minimum absolute atomic E-state index is 0.0754. The summed E-state index contributed by atoms with van der Waals surface area (Å²) in [6, 6.07) is 5.24. The van der Waals surface area contributed by atoms with E-state index >= 15 is 0 Å². The lowest BCUT2D eigenvalue weighted by Gasteiger charge is -2.32. The first-order valence-corrected chi connectivity index (χ1v) is 7.02. The molecule has 0 aliphatic carbocycles. The molecule has 1 fully saturated rings. The number of anilines is 1. The zero-order valence-corrected chi connectivity index (χ0v) is 11.8. The number of piperidine rings is 1. The first kappa shape index (κ1) is 14.7. The van der Waals surface area contributed by atoms with Gasteiger partial charge in [0.25, 0.3) is 0 Å². The van der Waals surface area contributed by atoms with Crippen molar-refractivity contribution < 1.29 is 14.6 Å². The molecule has 1 aliphatic heterocycles. The van der Waals surface area contributed by atoms with Crippen molar-refractivity contribution in [1.82, 2.24) is 0 Å². The summed E-state index contributed by atoms with van der Waals surface area (Å²) in [5, 5.41) is 8.95. The fourth-order valence-electron chi connectivity index (χ4n) is 2.68. The Morgan fingerprint density at radius 1 is 1.40 bits per heavy atom. The quantitative estimate of drug-likeness (QED) is 0.863. The monoisotopic (exact) mass is 278 g/mol. The van der Waals surface area contributed by atoms with Crippen LogP contribution in [0.3, 0.4) is 0 Å². The molecule has 0 amide bonds. The average Bonchev–Trinajstić information content (AvgIpc) is 2.46. The summed E-state index contributed by atoms with van der Waals surface area (Å²) < 4.78 is 5.23. The molecule has 1 aromatic carbocycles. The van der Waals surface area contributed by atoms with Crippen LogP contribution in [0, 0.1) is 0 Å². The van der Waals surface area contributed by atoms with Gasteiger partial charge in [0.1, 0.15) is 5.75 Å². The third kappa shape index (κ3) is 3.42. The second-order valence-electron chi connectivity index (χ2n) is 5.18. The summed E-state index contributed by atoms with van der Waals surface area (Å²) in [5.74, 6) is -0.175. The molecule has 20 heavy (non-hydrogen) atoms. The van der Waals surface area contributed by atoms with Gasteiger partial charge in [0.2, 0.25) is 0 Å². The van der Waals surface area contributed by atoms with Crippen LogP contribution in [0.4, 0.5) is 5.69 Å². The maximum atomic E-state index is 10.9. The number of nitrogens with zero attached hydrogens (tertiary/aromatic N) is 1. The lowest BCUT2D eigenvalue weighted by molar-refractivity contribution is -0.137. The molecule has 1 aromatic rings. The summed E-state index contributed by atoms with van der Waals surface area (Å²) in [4.78, 5) is 13.2. The van der Waals surface area contributed by atoms with Crippen LogP contribution in [0.15, 0.2) is 18.2 Å². The predicted molar refractivity (Wildman–Crippen MR) is 78.2 cm³/mol. The Balaban J connectivity index is 2.31. The number of rotatable bonds is 5. The largest absolute Gasteiger partial charge is 0.497 e. The van der Waals surface area contributed by atoms with E-state index in [0.717, 1.165) is 24.3 Å². The number of carbonyl (C=O) groups is 1. The summed E-state index contributed by atoms with van der Waals surface area (Å²) in [6.07, 6.45) is 3.51. The van der Waals surface area contributed by atoms with Crippen LogP contribution in [0.2, 0.25) is 0 Å². The number of carboxylic acid groups (broad SMARTS) is 1. The number of hydrogen-bond acceptors (Lipinski definition) is 4. The van der Waals surface area contributed by atoms with E-state index in [0.29, 0.717) is 5.75 Å². The molecule has 5 heteroatoms. The Labute approximate surface area is 119 Å². The van der Waals surface area contributed by atoms with Crippen molar-refractivity contribution in [2.45, 2.75) is 31.7 Å². The summed E-state index contributed by atoms with van der Waals surface area (Å²) in [6.45, 7) is 2.00. The average molecular weight is 278 g/mol. The van der Waals surface area contributed by atoms with Crippen molar-refractivity contribution in [2.24, 2.45) is 5.73 Å². The number of benzene rings is 1. The molecule has 0 radical (unpaired) electrons. The standard InChI is InChI=1S/C15H22N2O3/c1-20-11-5-6-14(17-7-3-2-4-8-17)12(9-11)13(16)10-15(18)19/h5-6,9,13H,2-4,7-8,10,16H2,1H3,(H,18,19). The highest BCUT2D eigenvalue weighted by Gasteiger charge is 2.20. The highest BCUT2D eigenvalue weighted by atomic mass is 16.5. The van der Waals surface area contributed by atoms with Crippen molar-refractivity contribution in [1.29, 1.82) is 0 Å². The van der Waals surface area contributed by atoms with E-state index < -0.39 is 12.0 Å². The second kappa shape index (κ2) is 6.61. The molecule has 5 nitrogen and oxygen atoms in total. The summed E-state index contributed by atoms with van der Waals surface area (Å²) >= 11 is 0. The zero-order chi connectivity index (χ0) is 14.5. The SMILES string of the molecule is COc1ccc(N2CCCCC2)c(C(N)CC(=O)O)c1. The molecule has 0 spiro atoms. The van der Waals surface area contributed by atoms with Crippen LogP contribution in [0.25, 0.3) is 0 Å². The molecule has 3 N–H and O–H groups in total. The molecule has 0 bridgehead atoms. The van der Waals surface area contributed by atoms with Crippen LogP contribution in [0.5, 0.6) is 5.75 Å². The number of methoxy groups -OCH3 is 1. The number of ether oxygens (including phenoxy) is 1. The number of carboxylic acids is 1. The van der Waals surface area contributed by atoms with Gasteiger partial charge in [-0.2, -0.15) is 0 Å². The second-order valence-corrected chi connectivity index (χ2v) is 5.18. The van der Waals surface area contributed by atoms with Gasteiger partial charge in [0.05, 0.1) is 13.5 Å². The van der Waals surface area contributed by atoms with Gasteiger partial charge >= 0.3 is 5.97 Å². The molecule has 1 atom stereocenters. The van der Waals surface area contributed by atoms with Crippen LogP contribution < -0.4 is 15.4 Å².